The molecule has 0 aromatic heterocycles. The summed E-state index contributed by atoms with van der Waals surface area (Å²) >= 11 is 0. The minimum absolute atomic E-state index is 0.126. The van der Waals surface area contributed by atoms with Gasteiger partial charge in [-0.2, -0.15) is 0 Å². The topological polar surface area (TPSA) is 98.8 Å². The number of rotatable bonds is 3. The van der Waals surface area contributed by atoms with Crippen LogP contribution >= 0.6 is 0 Å². The number of carbonyl (C=O) groups excluding carboxylic acids is 4. The number of benzene rings is 1. The predicted octanol–water partition coefficient (Wildman–Crippen LogP) is -0.118. The predicted molar refractivity (Wildman–Crippen MR) is 98.3 cm³/mol. The van der Waals surface area contributed by atoms with Gasteiger partial charge >= 0.3 is 0 Å². The first-order valence-electron chi connectivity index (χ1n) is 9.82. The second-order valence-electron chi connectivity index (χ2n) is 8.07. The highest BCUT2D eigenvalue weighted by molar-refractivity contribution is 6.23. The third-order valence-electron chi connectivity index (χ3n) is 6.45. The Labute approximate surface area is 162 Å². The lowest BCUT2D eigenvalue weighted by atomic mass is 10.0. The van der Waals surface area contributed by atoms with Crippen LogP contribution in [-0.4, -0.2) is 65.1 Å². The van der Waals surface area contributed by atoms with Crippen molar-refractivity contribution >= 4 is 23.6 Å². The van der Waals surface area contributed by atoms with Gasteiger partial charge in [0.15, 0.2) is 0 Å². The lowest BCUT2D eigenvalue weighted by Crippen LogP contribution is -2.54. The molecule has 4 heterocycles. The van der Waals surface area contributed by atoms with E-state index in [0.717, 1.165) is 36.6 Å². The van der Waals surface area contributed by atoms with Gasteiger partial charge in [-0.25, -0.2) is 0 Å². The molecule has 0 aliphatic carbocycles. The van der Waals surface area contributed by atoms with Gasteiger partial charge in [0.25, 0.3) is 11.8 Å². The molecule has 4 aliphatic rings. The van der Waals surface area contributed by atoms with Gasteiger partial charge in [0.1, 0.15) is 6.04 Å². The Bertz CT molecular complexity index is 898. The molecule has 8 heteroatoms. The summed E-state index contributed by atoms with van der Waals surface area (Å²) in [4.78, 5) is 52.7. The Morgan fingerprint density at radius 3 is 2.64 bits per heavy atom. The van der Waals surface area contributed by atoms with Gasteiger partial charge in [0.2, 0.25) is 11.8 Å². The minimum Gasteiger partial charge on any atom is -0.315 e. The fourth-order valence-electron chi connectivity index (χ4n) is 4.99. The van der Waals surface area contributed by atoms with Crippen LogP contribution in [0.4, 0.5) is 0 Å². The third-order valence-corrected chi connectivity index (χ3v) is 6.45. The minimum atomic E-state index is -0.919. The zero-order valence-corrected chi connectivity index (χ0v) is 15.4. The van der Waals surface area contributed by atoms with Gasteiger partial charge in [-0.15, -0.1) is 0 Å². The number of fused-ring (bicyclic) bond motifs is 2. The fourth-order valence-corrected chi connectivity index (χ4v) is 4.99. The van der Waals surface area contributed by atoms with E-state index in [-0.39, 0.29) is 18.7 Å². The summed E-state index contributed by atoms with van der Waals surface area (Å²) in [6, 6.07) is 4.99. The molecule has 1 aromatic carbocycles. The zero-order valence-electron chi connectivity index (χ0n) is 15.4. The van der Waals surface area contributed by atoms with E-state index in [4.69, 9.17) is 0 Å². The summed E-state index contributed by atoms with van der Waals surface area (Å²) in [6.07, 6.45) is 1.48. The summed E-state index contributed by atoms with van der Waals surface area (Å²) in [6.45, 7) is 3.86. The molecule has 3 fully saturated rings. The molecular weight excluding hydrogens is 360 g/mol. The molecule has 0 radical (unpaired) electrons. The maximum atomic E-state index is 12.9. The monoisotopic (exact) mass is 382 g/mol. The summed E-state index contributed by atoms with van der Waals surface area (Å²) in [7, 11) is 0. The molecular formula is C20H22N4O4. The largest absolute Gasteiger partial charge is 0.315 e. The van der Waals surface area contributed by atoms with E-state index in [1.54, 1.807) is 12.1 Å². The van der Waals surface area contributed by atoms with Crippen LogP contribution < -0.4 is 10.6 Å². The first-order chi connectivity index (χ1) is 13.5. The Morgan fingerprint density at radius 2 is 1.82 bits per heavy atom. The van der Waals surface area contributed by atoms with Crippen molar-refractivity contribution in [3.8, 4) is 0 Å². The quantitative estimate of drug-likeness (QED) is 0.708. The summed E-state index contributed by atoms with van der Waals surface area (Å²) < 4.78 is 0. The second kappa shape index (κ2) is 6.49. The molecule has 2 N–H and O–H groups in total. The number of nitrogens with zero attached hydrogens (tertiary/aromatic N) is 2. The molecule has 5 rings (SSSR count). The normalized spacial score (nSPS) is 30.0. The number of likely N-dealkylation sites (tertiary alicyclic amines) is 1. The second-order valence-corrected chi connectivity index (χ2v) is 8.07. The van der Waals surface area contributed by atoms with Crippen LogP contribution in [0.3, 0.4) is 0 Å². The maximum Gasteiger partial charge on any atom is 0.262 e. The molecule has 8 nitrogen and oxygen atoms in total. The van der Waals surface area contributed by atoms with Crippen molar-refractivity contribution in [2.24, 2.45) is 5.92 Å². The lowest BCUT2D eigenvalue weighted by molar-refractivity contribution is -0.136. The SMILES string of the molecule is O=C1CCC(N2C(=O)c3ccc(CN4CC[C@H]5CNC[C@H]54)cc3C2=O)C(=O)N1. The van der Waals surface area contributed by atoms with Gasteiger partial charge in [-0.1, -0.05) is 6.07 Å². The highest BCUT2D eigenvalue weighted by Gasteiger charge is 2.45. The number of hydrogen-bond donors (Lipinski definition) is 2. The molecule has 1 unspecified atom stereocenters. The van der Waals surface area contributed by atoms with E-state index in [0.29, 0.717) is 23.1 Å². The molecule has 0 spiro atoms. The van der Waals surface area contributed by atoms with Gasteiger partial charge in [-0.05, 0) is 49.5 Å². The van der Waals surface area contributed by atoms with Crippen LogP contribution in [0.1, 0.15) is 45.5 Å². The molecule has 28 heavy (non-hydrogen) atoms. The van der Waals surface area contributed by atoms with Gasteiger partial charge in [-0.3, -0.25) is 34.3 Å². The first-order valence-corrected chi connectivity index (χ1v) is 9.82. The fraction of sp³-hybridized carbons (Fsp3) is 0.500. The number of carbonyl (C=O) groups is 4. The third kappa shape index (κ3) is 2.67. The van der Waals surface area contributed by atoms with E-state index in [9.17, 15) is 19.2 Å². The first kappa shape index (κ1) is 17.5. The van der Waals surface area contributed by atoms with Gasteiger partial charge < -0.3 is 5.32 Å². The molecule has 0 saturated carbocycles. The van der Waals surface area contributed by atoms with Crippen LogP contribution in [-0.2, 0) is 16.1 Å². The Hall–Kier alpha value is -2.58. The van der Waals surface area contributed by atoms with Crippen LogP contribution in [0.5, 0.6) is 0 Å². The van der Waals surface area contributed by atoms with Crippen LogP contribution in [0.2, 0.25) is 0 Å². The smallest absolute Gasteiger partial charge is 0.262 e. The average molecular weight is 382 g/mol. The Morgan fingerprint density at radius 1 is 1.00 bits per heavy atom. The van der Waals surface area contributed by atoms with Gasteiger partial charge in [0.05, 0.1) is 11.1 Å². The van der Waals surface area contributed by atoms with E-state index in [1.807, 2.05) is 6.07 Å². The molecule has 4 amide bonds. The summed E-state index contributed by atoms with van der Waals surface area (Å²) in [5.74, 6) is -1.16. The molecule has 3 atom stereocenters. The van der Waals surface area contributed by atoms with Crippen LogP contribution in [0.25, 0.3) is 0 Å². The van der Waals surface area contributed by atoms with Crippen molar-refractivity contribution < 1.29 is 19.2 Å². The molecule has 3 saturated heterocycles. The Balaban J connectivity index is 1.37. The van der Waals surface area contributed by atoms with Crippen molar-refractivity contribution in [1.82, 2.24) is 20.4 Å². The number of nitrogens with one attached hydrogen (secondary N) is 2. The summed E-state index contributed by atoms with van der Waals surface area (Å²) in [5, 5.41) is 5.65. The molecule has 146 valence electrons. The highest BCUT2D eigenvalue weighted by atomic mass is 16.2. The summed E-state index contributed by atoms with van der Waals surface area (Å²) in [5.41, 5.74) is 1.69. The van der Waals surface area contributed by atoms with E-state index >= 15 is 0 Å². The molecule has 4 aliphatic heterocycles. The average Bonchev–Trinajstić information content (AvgIpc) is 3.33. The Kier molecular flexibility index (Phi) is 4.06. The molecule has 1 aromatic rings. The zero-order chi connectivity index (χ0) is 19.4. The highest BCUT2D eigenvalue weighted by Crippen LogP contribution is 2.31. The van der Waals surface area contributed by atoms with Crippen molar-refractivity contribution in [2.45, 2.75) is 37.9 Å². The molecule has 0 bridgehead atoms. The van der Waals surface area contributed by atoms with Crippen molar-refractivity contribution in [3.63, 3.8) is 0 Å². The van der Waals surface area contributed by atoms with Gasteiger partial charge in [0, 0.05) is 25.6 Å². The van der Waals surface area contributed by atoms with E-state index < -0.39 is 23.8 Å². The standard InChI is InChI=1S/C20H22N4O4/c25-17-4-3-15(18(26)22-17)24-19(27)13-2-1-11(7-14(13)20(24)28)10-23-6-5-12-8-21-9-16(12)23/h1-2,7,12,15-16,21H,3-6,8-10H2,(H,22,25,26)/t12-,15?,16+/m0/s1. The maximum absolute atomic E-state index is 12.9. The van der Waals surface area contributed by atoms with E-state index in [2.05, 4.69) is 15.5 Å². The van der Waals surface area contributed by atoms with Crippen LogP contribution in [0, 0.1) is 5.92 Å². The van der Waals surface area contributed by atoms with E-state index in [1.165, 1.54) is 6.42 Å². The number of piperidine rings is 1. The number of imide groups is 2. The van der Waals surface area contributed by atoms with Crippen molar-refractivity contribution in [1.29, 1.82) is 0 Å². The van der Waals surface area contributed by atoms with Crippen molar-refractivity contribution in [2.75, 3.05) is 19.6 Å². The van der Waals surface area contributed by atoms with Crippen molar-refractivity contribution in [3.05, 3.63) is 34.9 Å². The van der Waals surface area contributed by atoms with Crippen LogP contribution in [0.15, 0.2) is 18.2 Å². The lowest BCUT2D eigenvalue weighted by Gasteiger charge is -2.27. The number of hydrogen-bond acceptors (Lipinski definition) is 6. The number of amides is 4.